The number of hydrogen-bond acceptors (Lipinski definition) is 5. The van der Waals surface area contributed by atoms with Gasteiger partial charge in [0.1, 0.15) is 0 Å². The summed E-state index contributed by atoms with van der Waals surface area (Å²) in [6, 6.07) is 8.40. The SMILES string of the molecule is CCOCC1(CCc2cccs2)CCN(Cc2cccnn2)C1. The van der Waals surface area contributed by atoms with Gasteiger partial charge in [-0.2, -0.15) is 10.2 Å². The fraction of sp³-hybridized carbons (Fsp3) is 0.556. The van der Waals surface area contributed by atoms with Crippen LogP contribution in [0, 0.1) is 5.41 Å². The molecule has 3 rings (SSSR count). The Balaban J connectivity index is 1.60. The minimum atomic E-state index is 0.280. The van der Waals surface area contributed by atoms with Crippen molar-refractivity contribution in [2.24, 2.45) is 5.41 Å². The summed E-state index contributed by atoms with van der Waals surface area (Å²) in [5.74, 6) is 0. The van der Waals surface area contributed by atoms with Crippen molar-refractivity contribution < 1.29 is 4.74 Å². The lowest BCUT2D eigenvalue weighted by molar-refractivity contribution is 0.0489. The summed E-state index contributed by atoms with van der Waals surface area (Å²) in [5.41, 5.74) is 1.33. The monoisotopic (exact) mass is 331 g/mol. The molecule has 3 heterocycles. The Morgan fingerprint density at radius 3 is 3.04 bits per heavy atom. The Kier molecular flexibility index (Phi) is 5.75. The van der Waals surface area contributed by atoms with Crippen LogP contribution in [0.3, 0.4) is 0 Å². The highest BCUT2D eigenvalue weighted by atomic mass is 32.1. The number of thiophene rings is 1. The lowest BCUT2D eigenvalue weighted by Gasteiger charge is -2.29. The van der Waals surface area contributed by atoms with Gasteiger partial charge in [-0.15, -0.1) is 11.3 Å². The average Bonchev–Trinajstić information content (AvgIpc) is 3.23. The van der Waals surface area contributed by atoms with Crippen molar-refractivity contribution in [2.45, 2.75) is 32.7 Å². The highest BCUT2D eigenvalue weighted by molar-refractivity contribution is 7.09. The molecule has 0 bridgehead atoms. The van der Waals surface area contributed by atoms with Crippen LogP contribution >= 0.6 is 11.3 Å². The van der Waals surface area contributed by atoms with E-state index >= 15 is 0 Å². The molecule has 1 unspecified atom stereocenters. The summed E-state index contributed by atoms with van der Waals surface area (Å²) in [4.78, 5) is 3.98. The molecule has 0 aliphatic carbocycles. The van der Waals surface area contributed by atoms with E-state index in [4.69, 9.17) is 4.74 Å². The van der Waals surface area contributed by atoms with Crippen LogP contribution in [0.1, 0.15) is 30.3 Å². The maximum atomic E-state index is 5.84. The first-order chi connectivity index (χ1) is 11.3. The fourth-order valence-corrected chi connectivity index (χ4v) is 4.07. The summed E-state index contributed by atoms with van der Waals surface area (Å²) in [6.07, 6.45) is 5.29. The predicted octanol–water partition coefficient (Wildman–Crippen LogP) is 3.40. The van der Waals surface area contributed by atoms with E-state index in [1.165, 1.54) is 17.7 Å². The van der Waals surface area contributed by atoms with Crippen molar-refractivity contribution in [1.29, 1.82) is 0 Å². The Labute approximate surface area is 142 Å². The van der Waals surface area contributed by atoms with Crippen molar-refractivity contribution in [3.63, 3.8) is 0 Å². The van der Waals surface area contributed by atoms with Crippen molar-refractivity contribution >= 4 is 11.3 Å². The average molecular weight is 331 g/mol. The van der Waals surface area contributed by atoms with E-state index in [2.05, 4.69) is 45.6 Å². The summed E-state index contributed by atoms with van der Waals surface area (Å²) in [5, 5.41) is 10.4. The van der Waals surface area contributed by atoms with Crippen LogP contribution in [-0.4, -0.2) is 41.4 Å². The van der Waals surface area contributed by atoms with Crippen LogP contribution in [0.2, 0.25) is 0 Å². The first-order valence-electron chi connectivity index (χ1n) is 8.39. The van der Waals surface area contributed by atoms with Crippen LogP contribution in [0.25, 0.3) is 0 Å². The topological polar surface area (TPSA) is 38.2 Å². The summed E-state index contributed by atoms with van der Waals surface area (Å²) >= 11 is 1.86. The van der Waals surface area contributed by atoms with Gasteiger partial charge >= 0.3 is 0 Å². The van der Waals surface area contributed by atoms with Crippen molar-refractivity contribution in [3.8, 4) is 0 Å². The summed E-state index contributed by atoms with van der Waals surface area (Å²) in [6.45, 7) is 6.85. The highest BCUT2D eigenvalue weighted by Crippen LogP contribution is 2.36. The van der Waals surface area contributed by atoms with Crippen LogP contribution in [-0.2, 0) is 17.7 Å². The Hall–Kier alpha value is -1.30. The van der Waals surface area contributed by atoms with Gasteiger partial charge in [-0.3, -0.25) is 4.90 Å². The van der Waals surface area contributed by atoms with E-state index < -0.39 is 0 Å². The predicted molar refractivity (Wildman–Crippen MR) is 93.5 cm³/mol. The van der Waals surface area contributed by atoms with Gasteiger partial charge in [0.2, 0.25) is 0 Å². The zero-order valence-corrected chi connectivity index (χ0v) is 14.6. The normalized spacial score (nSPS) is 21.8. The number of ether oxygens (including phenoxy) is 1. The van der Waals surface area contributed by atoms with Gasteiger partial charge in [-0.25, -0.2) is 0 Å². The molecule has 1 saturated heterocycles. The van der Waals surface area contributed by atoms with Gasteiger partial charge in [0.15, 0.2) is 0 Å². The third-order valence-electron chi connectivity index (χ3n) is 4.62. The van der Waals surface area contributed by atoms with Crippen LogP contribution in [0.4, 0.5) is 0 Å². The van der Waals surface area contributed by atoms with E-state index in [1.807, 2.05) is 17.4 Å². The lowest BCUT2D eigenvalue weighted by atomic mass is 9.83. The van der Waals surface area contributed by atoms with Gasteiger partial charge in [-0.05, 0) is 56.3 Å². The van der Waals surface area contributed by atoms with Gasteiger partial charge in [0.25, 0.3) is 0 Å². The third kappa shape index (κ3) is 4.59. The molecular formula is C18H25N3OS. The molecule has 5 heteroatoms. The van der Waals surface area contributed by atoms with E-state index in [0.29, 0.717) is 0 Å². The molecule has 0 radical (unpaired) electrons. The van der Waals surface area contributed by atoms with E-state index in [1.54, 1.807) is 6.20 Å². The molecule has 0 amide bonds. The lowest BCUT2D eigenvalue weighted by Crippen LogP contribution is -2.32. The smallest absolute Gasteiger partial charge is 0.0771 e. The largest absolute Gasteiger partial charge is 0.381 e. The van der Waals surface area contributed by atoms with E-state index in [9.17, 15) is 0 Å². The molecule has 1 atom stereocenters. The van der Waals surface area contributed by atoms with Gasteiger partial charge in [0.05, 0.1) is 12.3 Å². The molecule has 2 aromatic rings. The first-order valence-corrected chi connectivity index (χ1v) is 9.27. The molecule has 0 saturated carbocycles. The number of hydrogen-bond donors (Lipinski definition) is 0. The van der Waals surface area contributed by atoms with E-state index in [0.717, 1.165) is 45.0 Å². The Bertz CT molecular complexity index is 575. The Morgan fingerprint density at radius 1 is 1.35 bits per heavy atom. The summed E-state index contributed by atoms with van der Waals surface area (Å²) in [7, 11) is 0. The van der Waals surface area contributed by atoms with Crippen LogP contribution in [0.5, 0.6) is 0 Å². The quantitative estimate of drug-likeness (QED) is 0.743. The molecule has 23 heavy (non-hydrogen) atoms. The number of nitrogens with zero attached hydrogens (tertiary/aromatic N) is 3. The fourth-order valence-electron chi connectivity index (χ4n) is 3.37. The standard InChI is InChI=1S/C18H25N3OS/c1-2-22-15-18(8-7-17-6-4-12-23-17)9-11-21(14-18)13-16-5-3-10-19-20-16/h3-6,10,12H,2,7-9,11,13-15H2,1H3. The zero-order valence-electron chi connectivity index (χ0n) is 13.8. The second-order valence-electron chi connectivity index (χ2n) is 6.39. The molecule has 0 spiro atoms. The molecule has 2 aromatic heterocycles. The highest BCUT2D eigenvalue weighted by Gasteiger charge is 2.38. The number of likely N-dealkylation sites (tertiary alicyclic amines) is 1. The number of rotatable bonds is 8. The Morgan fingerprint density at radius 2 is 2.30 bits per heavy atom. The van der Waals surface area contributed by atoms with Crippen LogP contribution < -0.4 is 0 Å². The van der Waals surface area contributed by atoms with E-state index in [-0.39, 0.29) is 5.41 Å². The molecule has 4 nitrogen and oxygen atoms in total. The van der Waals surface area contributed by atoms with Crippen LogP contribution in [0.15, 0.2) is 35.8 Å². The molecule has 124 valence electrons. The molecule has 0 aromatic carbocycles. The second kappa shape index (κ2) is 7.99. The number of aromatic nitrogens is 2. The summed E-state index contributed by atoms with van der Waals surface area (Å²) < 4.78 is 5.84. The van der Waals surface area contributed by atoms with Crippen molar-refractivity contribution in [2.75, 3.05) is 26.3 Å². The van der Waals surface area contributed by atoms with Crippen molar-refractivity contribution in [1.82, 2.24) is 15.1 Å². The minimum Gasteiger partial charge on any atom is -0.381 e. The molecule has 1 aliphatic rings. The zero-order chi connectivity index (χ0) is 16.0. The number of aryl methyl sites for hydroxylation is 1. The van der Waals surface area contributed by atoms with Gasteiger partial charge in [-0.1, -0.05) is 6.07 Å². The first kappa shape index (κ1) is 16.6. The molecule has 0 N–H and O–H groups in total. The van der Waals surface area contributed by atoms with Gasteiger partial charge in [0, 0.05) is 36.2 Å². The van der Waals surface area contributed by atoms with Crippen molar-refractivity contribution in [3.05, 3.63) is 46.4 Å². The maximum Gasteiger partial charge on any atom is 0.0771 e. The maximum absolute atomic E-state index is 5.84. The molecule has 1 fully saturated rings. The third-order valence-corrected chi connectivity index (χ3v) is 5.56. The molecular weight excluding hydrogens is 306 g/mol. The minimum absolute atomic E-state index is 0.280. The van der Waals surface area contributed by atoms with Gasteiger partial charge < -0.3 is 4.74 Å². The molecule has 1 aliphatic heterocycles. The second-order valence-corrected chi connectivity index (χ2v) is 7.42.